The summed E-state index contributed by atoms with van der Waals surface area (Å²) in [6, 6.07) is 10.4. The first-order valence-corrected chi connectivity index (χ1v) is 11.0. The van der Waals surface area contributed by atoms with E-state index in [1.165, 1.54) is 16.9 Å². The number of carbonyl (C=O) groups excluding carboxylic acids is 2. The van der Waals surface area contributed by atoms with Crippen LogP contribution in [0.4, 0.5) is 5.00 Å². The maximum atomic E-state index is 13.0. The van der Waals surface area contributed by atoms with Crippen LogP contribution in [0.3, 0.4) is 0 Å². The number of nitrogens with one attached hydrogen (secondary N) is 1. The summed E-state index contributed by atoms with van der Waals surface area (Å²) >= 11 is 1.35. The standard InChI is InChI=1S/C24H24N2O3S/c1-12(2)14-4-6-15(7-5-14)19-13(3)30-23(18(19)11-25)26-22(27)20-16-8-9-17(10-16)21(20)24(28)29/h4-9,12,16-17,20-21H,10H2,1-3H3,(H,26,27)(H,28,29)/p-1/t16-,17-,20-,21-/m0/s1. The first-order chi connectivity index (χ1) is 14.3. The molecule has 1 fully saturated rings. The van der Waals surface area contributed by atoms with E-state index in [9.17, 15) is 20.0 Å². The molecule has 4 atom stereocenters. The summed E-state index contributed by atoms with van der Waals surface area (Å²) < 4.78 is 0. The Morgan fingerprint density at radius 2 is 1.80 bits per heavy atom. The number of hydrogen-bond acceptors (Lipinski definition) is 5. The SMILES string of the molecule is Cc1sc(NC(=O)[C@@H]2[C@@H](C(=O)[O-])[C@H]3C=C[C@H]2C3)c(C#N)c1-c1ccc(C(C)C)cc1. The number of hydrogen-bond donors (Lipinski definition) is 1. The first-order valence-electron chi connectivity index (χ1n) is 10.2. The highest BCUT2D eigenvalue weighted by Gasteiger charge is 2.48. The molecule has 4 rings (SSSR count). The number of anilines is 1. The Hall–Kier alpha value is -2.91. The van der Waals surface area contributed by atoms with Gasteiger partial charge in [0, 0.05) is 22.3 Å². The van der Waals surface area contributed by atoms with Gasteiger partial charge in [-0.2, -0.15) is 5.26 Å². The molecule has 2 aliphatic carbocycles. The fourth-order valence-corrected chi connectivity index (χ4v) is 5.85. The Labute approximate surface area is 180 Å². The summed E-state index contributed by atoms with van der Waals surface area (Å²) in [6.45, 7) is 6.19. The smallest absolute Gasteiger partial charge is 0.229 e. The minimum atomic E-state index is -1.18. The van der Waals surface area contributed by atoms with Gasteiger partial charge < -0.3 is 15.2 Å². The van der Waals surface area contributed by atoms with E-state index in [0.717, 1.165) is 16.0 Å². The molecule has 1 saturated carbocycles. The van der Waals surface area contributed by atoms with Gasteiger partial charge in [-0.3, -0.25) is 4.79 Å². The van der Waals surface area contributed by atoms with E-state index < -0.39 is 17.8 Å². The van der Waals surface area contributed by atoms with Crippen LogP contribution < -0.4 is 10.4 Å². The number of thiophene rings is 1. The zero-order valence-corrected chi connectivity index (χ0v) is 18.0. The zero-order chi connectivity index (χ0) is 21.6. The molecule has 154 valence electrons. The zero-order valence-electron chi connectivity index (χ0n) is 17.1. The number of benzene rings is 1. The molecule has 2 bridgehead atoms. The van der Waals surface area contributed by atoms with Crippen molar-refractivity contribution in [2.24, 2.45) is 23.7 Å². The molecule has 6 heteroatoms. The molecule has 0 aliphatic heterocycles. The number of carboxylic acid groups (broad SMARTS) is 1. The van der Waals surface area contributed by atoms with Gasteiger partial charge in [-0.25, -0.2) is 0 Å². The minimum Gasteiger partial charge on any atom is -0.550 e. The molecule has 1 N–H and O–H groups in total. The topological polar surface area (TPSA) is 93.0 Å². The van der Waals surface area contributed by atoms with E-state index >= 15 is 0 Å². The number of aryl methyl sites for hydroxylation is 1. The molecule has 30 heavy (non-hydrogen) atoms. The minimum absolute atomic E-state index is 0.0902. The van der Waals surface area contributed by atoms with Gasteiger partial charge in [0.2, 0.25) is 5.91 Å². The van der Waals surface area contributed by atoms with Gasteiger partial charge in [0.05, 0.1) is 11.5 Å². The van der Waals surface area contributed by atoms with E-state index in [-0.39, 0.29) is 17.7 Å². The van der Waals surface area contributed by atoms with Crippen LogP contribution in [0.15, 0.2) is 36.4 Å². The second kappa shape index (κ2) is 7.73. The van der Waals surface area contributed by atoms with Crippen molar-refractivity contribution < 1.29 is 14.7 Å². The Bertz CT molecular complexity index is 1080. The highest BCUT2D eigenvalue weighted by molar-refractivity contribution is 7.17. The number of rotatable bonds is 5. The van der Waals surface area contributed by atoms with Gasteiger partial charge in [0.1, 0.15) is 11.1 Å². The third-order valence-electron chi connectivity index (χ3n) is 6.33. The molecule has 0 saturated heterocycles. The van der Waals surface area contributed by atoms with Crippen molar-refractivity contribution in [3.63, 3.8) is 0 Å². The summed E-state index contributed by atoms with van der Waals surface area (Å²) in [6.07, 6.45) is 4.48. The van der Waals surface area contributed by atoms with Crippen LogP contribution in [-0.4, -0.2) is 11.9 Å². The Morgan fingerprint density at radius 1 is 1.17 bits per heavy atom. The largest absolute Gasteiger partial charge is 0.550 e. The number of fused-ring (bicyclic) bond motifs is 2. The summed E-state index contributed by atoms with van der Waals surface area (Å²) in [5.74, 6) is -2.82. The summed E-state index contributed by atoms with van der Waals surface area (Å²) in [4.78, 5) is 25.6. The first kappa shape index (κ1) is 20.4. The molecule has 2 aliphatic rings. The summed E-state index contributed by atoms with van der Waals surface area (Å²) in [7, 11) is 0. The van der Waals surface area contributed by atoms with Gasteiger partial charge >= 0.3 is 0 Å². The van der Waals surface area contributed by atoms with Crippen molar-refractivity contribution in [1.29, 1.82) is 5.26 Å². The predicted octanol–water partition coefficient (Wildman–Crippen LogP) is 3.85. The fourth-order valence-electron chi connectivity index (χ4n) is 4.82. The predicted molar refractivity (Wildman–Crippen MR) is 115 cm³/mol. The Morgan fingerprint density at radius 3 is 2.37 bits per heavy atom. The molecular weight excluding hydrogens is 396 g/mol. The maximum Gasteiger partial charge on any atom is 0.229 e. The number of aliphatic carboxylic acids is 1. The molecule has 1 heterocycles. The van der Waals surface area contributed by atoms with E-state index in [0.29, 0.717) is 22.9 Å². The average Bonchev–Trinajstić information content (AvgIpc) is 3.40. The second-order valence-electron chi connectivity index (χ2n) is 8.43. The highest BCUT2D eigenvalue weighted by Crippen LogP contribution is 2.49. The maximum absolute atomic E-state index is 13.0. The van der Waals surface area contributed by atoms with Crippen LogP contribution in [0.5, 0.6) is 0 Å². The highest BCUT2D eigenvalue weighted by atomic mass is 32.1. The molecule has 0 radical (unpaired) electrons. The lowest BCUT2D eigenvalue weighted by Gasteiger charge is -2.27. The van der Waals surface area contributed by atoms with Crippen LogP contribution in [-0.2, 0) is 9.59 Å². The van der Waals surface area contributed by atoms with Crippen molar-refractivity contribution >= 4 is 28.2 Å². The van der Waals surface area contributed by atoms with Crippen molar-refractivity contribution in [1.82, 2.24) is 0 Å². The lowest BCUT2D eigenvalue weighted by atomic mass is 9.82. The van der Waals surface area contributed by atoms with Crippen molar-refractivity contribution in [2.45, 2.75) is 33.1 Å². The van der Waals surface area contributed by atoms with E-state index in [1.54, 1.807) is 0 Å². The van der Waals surface area contributed by atoms with Gasteiger partial charge in [0.15, 0.2) is 0 Å². The molecule has 2 aromatic rings. The van der Waals surface area contributed by atoms with Crippen molar-refractivity contribution in [3.8, 4) is 17.2 Å². The van der Waals surface area contributed by atoms with Gasteiger partial charge in [0.25, 0.3) is 0 Å². The van der Waals surface area contributed by atoms with Crippen molar-refractivity contribution in [3.05, 3.63) is 52.4 Å². The van der Waals surface area contributed by atoms with Crippen LogP contribution in [0.2, 0.25) is 0 Å². The Kier molecular flexibility index (Phi) is 5.25. The van der Waals surface area contributed by atoms with Gasteiger partial charge in [-0.05, 0) is 42.2 Å². The van der Waals surface area contributed by atoms with E-state index in [4.69, 9.17) is 0 Å². The van der Waals surface area contributed by atoms with E-state index in [1.807, 2.05) is 31.2 Å². The quantitative estimate of drug-likeness (QED) is 0.745. The number of amides is 1. The molecule has 5 nitrogen and oxygen atoms in total. The third kappa shape index (κ3) is 3.33. The van der Waals surface area contributed by atoms with Crippen LogP contribution in [0.1, 0.15) is 42.2 Å². The molecule has 1 amide bonds. The normalized spacial score (nSPS) is 24.2. The second-order valence-corrected chi connectivity index (χ2v) is 9.66. The number of nitrogens with zero attached hydrogens (tertiary/aromatic N) is 1. The molecule has 0 unspecified atom stereocenters. The lowest BCUT2D eigenvalue weighted by molar-refractivity contribution is -0.313. The summed E-state index contributed by atoms with van der Waals surface area (Å²) in [5, 5.41) is 24.8. The van der Waals surface area contributed by atoms with E-state index in [2.05, 4.69) is 37.4 Å². The number of allylic oxidation sites excluding steroid dienone is 2. The number of carbonyl (C=O) groups is 2. The number of carboxylic acids is 1. The van der Waals surface area contributed by atoms with Crippen molar-refractivity contribution in [2.75, 3.05) is 5.32 Å². The van der Waals surface area contributed by atoms with Crippen LogP contribution in [0, 0.1) is 41.9 Å². The third-order valence-corrected chi connectivity index (χ3v) is 7.35. The monoisotopic (exact) mass is 419 g/mol. The molecule has 0 spiro atoms. The molecule has 1 aromatic carbocycles. The fraction of sp³-hybridized carbons (Fsp3) is 0.375. The van der Waals surface area contributed by atoms with Crippen LogP contribution in [0.25, 0.3) is 11.1 Å². The van der Waals surface area contributed by atoms with Crippen LogP contribution >= 0.6 is 11.3 Å². The van der Waals surface area contributed by atoms with Gasteiger partial charge in [-0.1, -0.05) is 50.3 Å². The van der Waals surface area contributed by atoms with Gasteiger partial charge in [-0.15, -0.1) is 11.3 Å². The number of nitriles is 1. The summed E-state index contributed by atoms with van der Waals surface area (Å²) in [5.41, 5.74) is 3.39. The molecule has 1 aromatic heterocycles. The lowest BCUT2D eigenvalue weighted by Crippen LogP contribution is -2.42. The molecular formula is C24H23N2O3S-. The average molecular weight is 420 g/mol. The Balaban J connectivity index is 1.64.